The van der Waals surface area contributed by atoms with E-state index < -0.39 is 0 Å². The Morgan fingerprint density at radius 1 is 0.391 bits per heavy atom. The van der Waals surface area contributed by atoms with Crippen molar-refractivity contribution in [1.29, 1.82) is 0 Å². The van der Waals surface area contributed by atoms with E-state index >= 15 is 0 Å². The Bertz CT molecular complexity index is 1260. The lowest BCUT2D eigenvalue weighted by Crippen LogP contribution is -2.08. The number of benzene rings is 3. The molecule has 6 rings (SSSR count). The van der Waals surface area contributed by atoms with Crippen LogP contribution in [0.4, 0.5) is 0 Å². The summed E-state index contributed by atoms with van der Waals surface area (Å²) in [7, 11) is 0. The molecule has 0 spiro atoms. The summed E-state index contributed by atoms with van der Waals surface area (Å²) in [6.07, 6.45) is 9.63. The zero-order chi connectivity index (χ0) is 34.5. The van der Waals surface area contributed by atoms with Gasteiger partial charge in [-0.25, -0.2) is 0 Å². The molecule has 0 N–H and O–H groups in total. The molecular weight excluding hydrogens is 556 g/mol. The molecule has 2 aromatic heterocycles. The van der Waals surface area contributed by atoms with Gasteiger partial charge in [0.05, 0.1) is 0 Å². The quantitative estimate of drug-likeness (QED) is 0.172. The van der Waals surface area contributed by atoms with Crippen LogP contribution in [0.15, 0.2) is 97.3 Å². The van der Waals surface area contributed by atoms with E-state index in [1.807, 2.05) is 66.1 Å². The van der Waals surface area contributed by atoms with Crippen molar-refractivity contribution < 1.29 is 0 Å². The highest BCUT2D eigenvalue weighted by molar-refractivity contribution is 5.83. The predicted octanol–water partition coefficient (Wildman–Crippen LogP) is 13.0. The number of pyridine rings is 2. The average Bonchev–Trinajstić information content (AvgIpc) is 3.05. The van der Waals surface area contributed by atoms with E-state index in [0.29, 0.717) is 0 Å². The molecular formula is C44H62N2. The minimum atomic E-state index is 1.02. The lowest BCUT2D eigenvalue weighted by atomic mass is 9.84. The first-order valence-electron chi connectivity index (χ1n) is 17.2. The van der Waals surface area contributed by atoms with E-state index in [1.54, 1.807) is 0 Å². The monoisotopic (exact) mass is 618 g/mol. The fourth-order valence-corrected chi connectivity index (χ4v) is 4.63. The Hall–Kier alpha value is -3.78. The number of fused-ring (bicyclic) bond motifs is 1. The van der Waals surface area contributed by atoms with Gasteiger partial charge < -0.3 is 0 Å². The second kappa shape index (κ2) is 22.7. The molecule has 2 nitrogen and oxygen atoms in total. The SMILES string of the molecule is CC.CC1CCC(C)CC1.Cc1ccc(C)cc1.Cc1ccc(C)nc1.Cc1ccc(C)nc1.Cc1ccc2cc(C)ccc2c1. The summed E-state index contributed by atoms with van der Waals surface area (Å²) in [5, 5.41) is 2.67. The van der Waals surface area contributed by atoms with Gasteiger partial charge >= 0.3 is 0 Å². The van der Waals surface area contributed by atoms with Crippen LogP contribution in [0.2, 0.25) is 0 Å². The number of aromatic nitrogens is 2. The van der Waals surface area contributed by atoms with Crippen molar-refractivity contribution in [2.75, 3.05) is 0 Å². The van der Waals surface area contributed by atoms with Gasteiger partial charge in [0, 0.05) is 23.8 Å². The molecule has 1 saturated carbocycles. The minimum absolute atomic E-state index is 1.02. The molecule has 0 aliphatic heterocycles. The molecule has 248 valence electrons. The fourth-order valence-electron chi connectivity index (χ4n) is 4.63. The molecule has 0 bridgehead atoms. The van der Waals surface area contributed by atoms with E-state index in [-0.39, 0.29) is 0 Å². The summed E-state index contributed by atoms with van der Waals surface area (Å²) in [4.78, 5) is 8.16. The number of hydrogen-bond donors (Lipinski definition) is 0. The standard InChI is InChI=1S/C12H12.C8H16.C8H10.2C7H9N.C2H6/c1-9-3-5-12-8-10(2)4-6-11(12)7-9;2*1-7-3-5-8(2)6-4-7;2*1-6-3-4-7(2)8-5-6;1-2/h3-8H,1-2H3;7-8H,3-6H2,1-2H3;3-6H,1-2H3;2*3-5H,1-2H3;1-2H3. The highest BCUT2D eigenvalue weighted by Gasteiger charge is 2.13. The van der Waals surface area contributed by atoms with Crippen LogP contribution in [0.5, 0.6) is 0 Å². The van der Waals surface area contributed by atoms with Crippen LogP contribution in [0, 0.1) is 67.2 Å². The molecule has 3 aromatic carbocycles. The molecule has 0 radical (unpaired) electrons. The van der Waals surface area contributed by atoms with Crippen LogP contribution >= 0.6 is 0 Å². The van der Waals surface area contributed by atoms with E-state index in [9.17, 15) is 0 Å². The topological polar surface area (TPSA) is 25.8 Å². The molecule has 0 amide bonds. The first-order valence-corrected chi connectivity index (χ1v) is 17.2. The summed E-state index contributed by atoms with van der Waals surface area (Å²) < 4.78 is 0. The van der Waals surface area contributed by atoms with Crippen LogP contribution in [-0.4, -0.2) is 9.97 Å². The summed E-state index contributed by atoms with van der Waals surface area (Å²) in [5.74, 6) is 2.04. The van der Waals surface area contributed by atoms with Gasteiger partial charge in [0.15, 0.2) is 0 Å². The van der Waals surface area contributed by atoms with Gasteiger partial charge in [-0.1, -0.05) is 148 Å². The summed E-state index contributed by atoms with van der Waals surface area (Å²) in [5.41, 5.74) is 9.90. The highest BCUT2D eigenvalue weighted by atomic mass is 14.7. The summed E-state index contributed by atoms with van der Waals surface area (Å²) in [6, 6.07) is 29.7. The Morgan fingerprint density at radius 3 is 0.935 bits per heavy atom. The van der Waals surface area contributed by atoms with Gasteiger partial charge in [0.2, 0.25) is 0 Å². The molecule has 1 aliphatic rings. The highest BCUT2D eigenvalue weighted by Crippen LogP contribution is 2.27. The van der Waals surface area contributed by atoms with Crippen LogP contribution in [0.3, 0.4) is 0 Å². The van der Waals surface area contributed by atoms with Gasteiger partial charge in [-0.3, -0.25) is 9.97 Å². The fraction of sp³-hybridized carbons (Fsp3) is 0.409. The smallest absolute Gasteiger partial charge is 0.0372 e. The zero-order valence-electron chi connectivity index (χ0n) is 31.1. The average molecular weight is 619 g/mol. The van der Waals surface area contributed by atoms with Crippen molar-refractivity contribution in [3.8, 4) is 0 Å². The molecule has 46 heavy (non-hydrogen) atoms. The van der Waals surface area contributed by atoms with Crippen LogP contribution in [0.25, 0.3) is 10.8 Å². The normalized spacial score (nSPS) is 14.6. The second-order valence-corrected chi connectivity index (χ2v) is 12.8. The predicted molar refractivity (Wildman–Crippen MR) is 205 cm³/mol. The van der Waals surface area contributed by atoms with E-state index in [0.717, 1.165) is 23.2 Å². The zero-order valence-corrected chi connectivity index (χ0v) is 31.1. The third-order valence-corrected chi connectivity index (χ3v) is 7.79. The van der Waals surface area contributed by atoms with Crippen LogP contribution in [0.1, 0.15) is 98.1 Å². The van der Waals surface area contributed by atoms with Gasteiger partial charge in [-0.05, 0) is 101 Å². The molecule has 0 unspecified atom stereocenters. The second-order valence-electron chi connectivity index (χ2n) is 12.8. The van der Waals surface area contributed by atoms with Crippen LogP contribution in [-0.2, 0) is 0 Å². The van der Waals surface area contributed by atoms with Crippen molar-refractivity contribution >= 4 is 10.8 Å². The number of rotatable bonds is 0. The summed E-state index contributed by atoms with van der Waals surface area (Å²) in [6.45, 7) is 25.2. The van der Waals surface area contributed by atoms with Gasteiger partial charge in [0.25, 0.3) is 0 Å². The van der Waals surface area contributed by atoms with Crippen molar-refractivity contribution in [2.45, 2.75) is 109 Å². The van der Waals surface area contributed by atoms with Gasteiger partial charge in [-0.2, -0.15) is 0 Å². The molecule has 1 fully saturated rings. The maximum Gasteiger partial charge on any atom is 0.0372 e. The maximum atomic E-state index is 4.08. The Labute approximate surface area is 282 Å². The van der Waals surface area contributed by atoms with Crippen LogP contribution < -0.4 is 0 Å². The van der Waals surface area contributed by atoms with Crippen molar-refractivity contribution in [2.24, 2.45) is 11.8 Å². The lowest BCUT2D eigenvalue weighted by molar-refractivity contribution is 0.308. The molecule has 0 atom stereocenters. The maximum absolute atomic E-state index is 4.08. The largest absolute Gasteiger partial charge is 0.261 e. The first kappa shape index (κ1) is 40.2. The molecule has 2 heteroatoms. The molecule has 2 heterocycles. The van der Waals surface area contributed by atoms with Crippen molar-refractivity contribution in [3.05, 3.63) is 142 Å². The first-order chi connectivity index (χ1) is 21.9. The third kappa shape index (κ3) is 18.3. The minimum Gasteiger partial charge on any atom is -0.261 e. The van der Waals surface area contributed by atoms with Gasteiger partial charge in [0.1, 0.15) is 0 Å². The molecule has 0 saturated heterocycles. The molecule has 5 aromatic rings. The Balaban J connectivity index is 0.000000287. The van der Waals surface area contributed by atoms with Crippen molar-refractivity contribution in [3.63, 3.8) is 0 Å². The van der Waals surface area contributed by atoms with Gasteiger partial charge in [-0.15, -0.1) is 0 Å². The van der Waals surface area contributed by atoms with E-state index in [2.05, 4.69) is 124 Å². The summed E-state index contributed by atoms with van der Waals surface area (Å²) >= 11 is 0. The number of aryl methyl sites for hydroxylation is 8. The Morgan fingerprint density at radius 2 is 0.674 bits per heavy atom. The van der Waals surface area contributed by atoms with Crippen molar-refractivity contribution in [1.82, 2.24) is 9.97 Å². The lowest BCUT2D eigenvalue weighted by Gasteiger charge is -2.22. The Kier molecular flexibility index (Phi) is 19.8. The van der Waals surface area contributed by atoms with E-state index in [1.165, 1.54) is 69.8 Å². The number of hydrogen-bond acceptors (Lipinski definition) is 2. The number of nitrogens with zero attached hydrogens (tertiary/aromatic N) is 2. The molecule has 1 aliphatic carbocycles. The third-order valence-electron chi connectivity index (χ3n) is 7.79. The van der Waals surface area contributed by atoms with E-state index in [4.69, 9.17) is 0 Å².